The molecular weight excluding hydrogens is 364 g/mol. The van der Waals surface area contributed by atoms with Crippen LogP contribution in [0.1, 0.15) is 42.5 Å². The number of nitrogens with zero attached hydrogens (tertiary/aromatic N) is 3. The quantitative estimate of drug-likeness (QED) is 0.815. The Balaban J connectivity index is 1.63. The van der Waals surface area contributed by atoms with Gasteiger partial charge < -0.3 is 10.6 Å². The molecule has 1 saturated heterocycles. The number of aryl methyl sites for hydroxylation is 3. The van der Waals surface area contributed by atoms with Crippen LogP contribution in [0.15, 0.2) is 11.1 Å². The number of piperidine rings is 1. The van der Waals surface area contributed by atoms with E-state index in [-0.39, 0.29) is 23.8 Å². The summed E-state index contributed by atoms with van der Waals surface area (Å²) in [5.41, 5.74) is 6.12. The summed E-state index contributed by atoms with van der Waals surface area (Å²) in [6.45, 7) is 5.66. The fraction of sp³-hybridized carbons (Fsp3) is 0.579. The van der Waals surface area contributed by atoms with E-state index in [2.05, 4.69) is 4.98 Å². The molecule has 0 aromatic carbocycles. The lowest BCUT2D eigenvalue weighted by Gasteiger charge is -2.32. The predicted octanol–water partition coefficient (Wildman–Crippen LogP) is 1.97. The minimum atomic E-state index is -0.292. The number of amides is 2. The van der Waals surface area contributed by atoms with Crippen LogP contribution in [0, 0.1) is 19.8 Å². The van der Waals surface area contributed by atoms with Gasteiger partial charge in [-0.1, -0.05) is 0 Å². The molecule has 1 aliphatic rings. The average molecular weight is 391 g/mol. The van der Waals surface area contributed by atoms with Crippen molar-refractivity contribution < 1.29 is 9.59 Å². The van der Waals surface area contributed by atoms with Gasteiger partial charge in [0.1, 0.15) is 4.83 Å². The van der Waals surface area contributed by atoms with Crippen molar-refractivity contribution in [3.63, 3.8) is 0 Å². The fourth-order valence-electron chi connectivity index (χ4n) is 3.68. The summed E-state index contributed by atoms with van der Waals surface area (Å²) in [5.74, 6) is 0.0797. The summed E-state index contributed by atoms with van der Waals surface area (Å²) in [7, 11) is 0. The maximum Gasteiger partial charge on any atom is 0.262 e. The van der Waals surface area contributed by atoms with Gasteiger partial charge in [0.25, 0.3) is 5.56 Å². The first kappa shape index (κ1) is 19.5. The Hall–Kier alpha value is -2.22. The highest BCUT2D eigenvalue weighted by Gasteiger charge is 2.24. The molecule has 3 heterocycles. The first-order valence-corrected chi connectivity index (χ1v) is 10.2. The molecule has 1 unspecified atom stereocenters. The Bertz CT molecular complexity index is 918. The summed E-state index contributed by atoms with van der Waals surface area (Å²) in [6, 6.07) is 0. The molecule has 0 saturated carbocycles. The number of primary amides is 1. The summed E-state index contributed by atoms with van der Waals surface area (Å²) in [6.07, 6.45) is 4.88. The van der Waals surface area contributed by atoms with E-state index >= 15 is 0 Å². The molecule has 1 atom stereocenters. The van der Waals surface area contributed by atoms with E-state index in [4.69, 9.17) is 5.73 Å². The van der Waals surface area contributed by atoms with Crippen LogP contribution in [-0.4, -0.2) is 39.4 Å². The number of hydrogen-bond donors (Lipinski definition) is 1. The lowest BCUT2D eigenvalue weighted by Crippen LogP contribution is -2.40. The standard InChI is InChI=1S/C19H26N4O3S/c1-12-13(2)27-18-17(12)19(26)23(11-21-18)9-7-16(25)22-8-3-4-14(10-22)5-6-15(20)24/h11,14H,3-10H2,1-2H3,(H2,20,24). The van der Waals surface area contributed by atoms with Crippen LogP contribution in [0.3, 0.4) is 0 Å². The minimum absolute atomic E-state index is 0.0454. The van der Waals surface area contributed by atoms with Crippen LogP contribution in [-0.2, 0) is 16.1 Å². The molecule has 2 aromatic rings. The minimum Gasteiger partial charge on any atom is -0.370 e. The Morgan fingerprint density at radius 1 is 1.33 bits per heavy atom. The van der Waals surface area contributed by atoms with Crippen LogP contribution in [0.4, 0.5) is 0 Å². The van der Waals surface area contributed by atoms with Crippen LogP contribution in [0.2, 0.25) is 0 Å². The van der Waals surface area contributed by atoms with Crippen molar-refractivity contribution in [3.8, 4) is 0 Å². The summed E-state index contributed by atoms with van der Waals surface area (Å²) < 4.78 is 1.54. The molecule has 1 aliphatic heterocycles. The number of carbonyl (C=O) groups excluding carboxylic acids is 2. The molecule has 8 heteroatoms. The topological polar surface area (TPSA) is 98.3 Å². The number of likely N-dealkylation sites (tertiary alicyclic amines) is 1. The summed E-state index contributed by atoms with van der Waals surface area (Å²) in [5, 5.41) is 0.664. The Morgan fingerprint density at radius 2 is 2.11 bits per heavy atom. The molecule has 2 amide bonds. The number of fused-ring (bicyclic) bond motifs is 1. The Morgan fingerprint density at radius 3 is 2.85 bits per heavy atom. The van der Waals surface area contributed by atoms with Gasteiger partial charge in [0.05, 0.1) is 11.7 Å². The van der Waals surface area contributed by atoms with E-state index in [1.807, 2.05) is 18.7 Å². The van der Waals surface area contributed by atoms with E-state index in [1.165, 1.54) is 15.9 Å². The number of rotatable bonds is 6. The van der Waals surface area contributed by atoms with Crippen molar-refractivity contribution in [1.82, 2.24) is 14.5 Å². The van der Waals surface area contributed by atoms with E-state index in [0.29, 0.717) is 30.8 Å². The van der Waals surface area contributed by atoms with E-state index in [0.717, 1.165) is 41.1 Å². The zero-order valence-corrected chi connectivity index (χ0v) is 16.7. The Labute approximate surface area is 162 Å². The smallest absolute Gasteiger partial charge is 0.262 e. The first-order chi connectivity index (χ1) is 12.9. The van der Waals surface area contributed by atoms with E-state index in [1.54, 1.807) is 6.33 Å². The molecule has 1 fully saturated rings. The van der Waals surface area contributed by atoms with Crippen molar-refractivity contribution in [2.75, 3.05) is 13.1 Å². The van der Waals surface area contributed by atoms with Gasteiger partial charge in [-0.25, -0.2) is 4.98 Å². The van der Waals surface area contributed by atoms with Crippen molar-refractivity contribution in [2.45, 2.75) is 52.5 Å². The zero-order chi connectivity index (χ0) is 19.6. The van der Waals surface area contributed by atoms with Crippen molar-refractivity contribution in [3.05, 3.63) is 27.1 Å². The van der Waals surface area contributed by atoms with E-state index in [9.17, 15) is 14.4 Å². The molecule has 0 aliphatic carbocycles. The average Bonchev–Trinajstić information content (AvgIpc) is 2.94. The van der Waals surface area contributed by atoms with Gasteiger partial charge in [-0.15, -0.1) is 11.3 Å². The SMILES string of the molecule is Cc1sc2ncn(CCC(=O)N3CCCC(CCC(N)=O)C3)c(=O)c2c1C. The van der Waals surface area contributed by atoms with Gasteiger partial charge >= 0.3 is 0 Å². The summed E-state index contributed by atoms with van der Waals surface area (Å²) >= 11 is 1.52. The summed E-state index contributed by atoms with van der Waals surface area (Å²) in [4.78, 5) is 44.4. The largest absolute Gasteiger partial charge is 0.370 e. The third kappa shape index (κ3) is 4.37. The maximum absolute atomic E-state index is 12.7. The molecule has 0 bridgehead atoms. The van der Waals surface area contributed by atoms with Crippen LogP contribution in [0.5, 0.6) is 0 Å². The monoisotopic (exact) mass is 390 g/mol. The molecule has 27 heavy (non-hydrogen) atoms. The lowest BCUT2D eigenvalue weighted by molar-refractivity contribution is -0.133. The van der Waals surface area contributed by atoms with Crippen molar-refractivity contribution >= 4 is 33.4 Å². The van der Waals surface area contributed by atoms with Crippen LogP contribution < -0.4 is 11.3 Å². The van der Waals surface area contributed by atoms with Crippen LogP contribution >= 0.6 is 11.3 Å². The molecule has 0 radical (unpaired) electrons. The molecule has 0 spiro atoms. The molecule has 2 aromatic heterocycles. The van der Waals surface area contributed by atoms with Gasteiger partial charge in [-0.3, -0.25) is 19.0 Å². The van der Waals surface area contributed by atoms with Crippen molar-refractivity contribution in [1.29, 1.82) is 0 Å². The molecule has 146 valence electrons. The number of aromatic nitrogens is 2. The Kier molecular flexibility index (Phi) is 5.94. The number of thiophene rings is 1. The second-order valence-corrected chi connectivity index (χ2v) is 8.51. The molecule has 7 nitrogen and oxygen atoms in total. The molecule has 3 rings (SSSR count). The fourth-order valence-corrected chi connectivity index (χ4v) is 4.66. The maximum atomic E-state index is 12.7. The van der Waals surface area contributed by atoms with E-state index < -0.39 is 0 Å². The molecular formula is C19H26N4O3S. The molecule has 2 N–H and O–H groups in total. The van der Waals surface area contributed by atoms with Gasteiger partial charge in [0, 0.05) is 37.4 Å². The number of nitrogens with two attached hydrogens (primary N) is 1. The highest BCUT2D eigenvalue weighted by molar-refractivity contribution is 7.18. The highest BCUT2D eigenvalue weighted by Crippen LogP contribution is 2.25. The third-order valence-electron chi connectivity index (χ3n) is 5.39. The van der Waals surface area contributed by atoms with Gasteiger partial charge in [0.15, 0.2) is 0 Å². The van der Waals surface area contributed by atoms with Crippen molar-refractivity contribution in [2.24, 2.45) is 11.7 Å². The number of hydrogen-bond acceptors (Lipinski definition) is 5. The second-order valence-electron chi connectivity index (χ2n) is 7.31. The lowest BCUT2D eigenvalue weighted by atomic mass is 9.93. The second kappa shape index (κ2) is 8.21. The zero-order valence-electron chi connectivity index (χ0n) is 15.9. The normalized spacial score (nSPS) is 17.4. The third-order valence-corrected chi connectivity index (χ3v) is 6.51. The predicted molar refractivity (Wildman–Crippen MR) is 106 cm³/mol. The van der Waals surface area contributed by atoms with Gasteiger partial charge in [0.2, 0.25) is 11.8 Å². The highest BCUT2D eigenvalue weighted by atomic mass is 32.1. The van der Waals surface area contributed by atoms with Crippen LogP contribution in [0.25, 0.3) is 10.2 Å². The van der Waals surface area contributed by atoms with Gasteiger partial charge in [-0.2, -0.15) is 0 Å². The number of carbonyl (C=O) groups is 2. The van der Waals surface area contributed by atoms with Gasteiger partial charge in [-0.05, 0) is 44.6 Å². The first-order valence-electron chi connectivity index (χ1n) is 9.38.